The summed E-state index contributed by atoms with van der Waals surface area (Å²) in [5.41, 5.74) is 0.357. The maximum absolute atomic E-state index is 13.8. The minimum Gasteiger partial charge on any atom is -0.467 e. The number of alkyl halides is 2. The fourth-order valence-electron chi connectivity index (χ4n) is 6.66. The lowest BCUT2D eigenvalue weighted by molar-refractivity contribution is -0.157. The number of piperazine rings is 1. The van der Waals surface area contributed by atoms with Gasteiger partial charge in [0.2, 0.25) is 23.6 Å². The highest BCUT2D eigenvalue weighted by Crippen LogP contribution is 2.48. The van der Waals surface area contributed by atoms with E-state index in [1.54, 1.807) is 37.3 Å². The molecule has 0 spiro atoms. The summed E-state index contributed by atoms with van der Waals surface area (Å²) in [4.78, 5) is 85.9. The highest BCUT2D eigenvalue weighted by molar-refractivity contribution is 5.96. The van der Waals surface area contributed by atoms with E-state index in [1.165, 1.54) is 25.6 Å². The van der Waals surface area contributed by atoms with Crippen molar-refractivity contribution in [2.45, 2.75) is 75.9 Å². The van der Waals surface area contributed by atoms with Crippen molar-refractivity contribution in [2.75, 3.05) is 52.5 Å². The molecule has 6 rings (SSSR count). The molecule has 1 aromatic heterocycles. The van der Waals surface area contributed by atoms with Gasteiger partial charge in [-0.3, -0.25) is 24.0 Å². The molecule has 1 unspecified atom stereocenters. The number of nitrogens with zero attached hydrogens (tertiary/aromatic N) is 5. The molecule has 19 heteroatoms. The Kier molecular flexibility index (Phi) is 12.5. The van der Waals surface area contributed by atoms with Gasteiger partial charge in [-0.25, -0.2) is 18.3 Å². The second-order valence-corrected chi connectivity index (χ2v) is 13.9. The standard InChI is InChI=1S/C36H46F2N8O9/c1-2-53-35(52)55-44-18-16-43(17-19-44)34(51)26(13-14-39-31(48)25-21-36(25,37)38)41-32(49)27-20-30(46(42-27)24-10-4-3-5-11-24)54-22-29(47)45-15-7-12-28(45)33(50)40-23-8-6-9-23/h3-5,10-11,20,23,25-26,28H,2,6-9,12-19,21-22H2,1H3,(H,39,48)(H,40,50)(H,41,49)/t25?,26-,28-/m0/s1. The molecule has 3 atom stereocenters. The first-order valence-electron chi connectivity index (χ1n) is 18.7. The Labute approximate surface area is 315 Å². The summed E-state index contributed by atoms with van der Waals surface area (Å²) >= 11 is 0. The van der Waals surface area contributed by atoms with E-state index in [1.807, 2.05) is 0 Å². The Morgan fingerprint density at radius 1 is 0.964 bits per heavy atom. The molecule has 1 aromatic carbocycles. The van der Waals surface area contributed by atoms with Crippen molar-refractivity contribution in [3.8, 4) is 11.6 Å². The summed E-state index contributed by atoms with van der Waals surface area (Å²) in [5.74, 6) is -7.16. The molecule has 3 heterocycles. The fourth-order valence-corrected chi connectivity index (χ4v) is 6.66. The van der Waals surface area contributed by atoms with E-state index in [9.17, 15) is 37.5 Å². The van der Waals surface area contributed by atoms with Gasteiger partial charge >= 0.3 is 6.16 Å². The number of nitrogens with one attached hydrogen (secondary N) is 3. The number of hydroxylamine groups is 2. The zero-order chi connectivity index (χ0) is 39.1. The number of likely N-dealkylation sites (tertiary alicyclic amines) is 1. The maximum atomic E-state index is 13.8. The Morgan fingerprint density at radius 2 is 1.69 bits per heavy atom. The van der Waals surface area contributed by atoms with Gasteiger partial charge in [-0.2, -0.15) is 5.10 Å². The molecule has 2 saturated carbocycles. The number of benzene rings is 1. The minimum absolute atomic E-state index is 0.0533. The quantitative estimate of drug-likeness (QED) is 0.222. The molecule has 2 saturated heterocycles. The summed E-state index contributed by atoms with van der Waals surface area (Å²) in [6.45, 7) is 2.12. The summed E-state index contributed by atoms with van der Waals surface area (Å²) in [6.07, 6.45) is 2.58. The van der Waals surface area contributed by atoms with Crippen molar-refractivity contribution in [1.82, 2.24) is 40.6 Å². The lowest BCUT2D eigenvalue weighted by Crippen LogP contribution is -2.55. The molecule has 298 valence electrons. The third kappa shape index (κ3) is 9.86. The normalized spacial score (nSPS) is 21.1. The van der Waals surface area contributed by atoms with Crippen LogP contribution in [0.4, 0.5) is 13.6 Å². The average molecular weight is 773 g/mol. The van der Waals surface area contributed by atoms with Crippen LogP contribution in [-0.4, -0.2) is 137 Å². The lowest BCUT2D eigenvalue weighted by Gasteiger charge is -2.35. The molecular weight excluding hydrogens is 726 g/mol. The third-order valence-electron chi connectivity index (χ3n) is 10.1. The second-order valence-electron chi connectivity index (χ2n) is 13.9. The molecule has 0 bridgehead atoms. The van der Waals surface area contributed by atoms with Gasteiger partial charge < -0.3 is 40.1 Å². The largest absolute Gasteiger partial charge is 0.527 e. The molecule has 4 aliphatic rings. The first-order chi connectivity index (χ1) is 26.4. The Hall–Kier alpha value is -5.33. The molecule has 0 radical (unpaired) electrons. The Morgan fingerprint density at radius 3 is 2.35 bits per heavy atom. The smallest absolute Gasteiger partial charge is 0.467 e. The highest BCUT2D eigenvalue weighted by atomic mass is 19.3. The predicted octanol–water partition coefficient (Wildman–Crippen LogP) is 1.40. The topological polar surface area (TPSA) is 194 Å². The number of halogens is 2. The van der Waals surface area contributed by atoms with E-state index in [4.69, 9.17) is 14.3 Å². The second kappa shape index (κ2) is 17.4. The number of para-hydroxylation sites is 1. The van der Waals surface area contributed by atoms with E-state index < -0.39 is 66.7 Å². The van der Waals surface area contributed by atoms with Crippen molar-refractivity contribution in [1.29, 1.82) is 0 Å². The first-order valence-corrected chi connectivity index (χ1v) is 18.7. The third-order valence-corrected chi connectivity index (χ3v) is 10.1. The molecule has 55 heavy (non-hydrogen) atoms. The van der Waals surface area contributed by atoms with Gasteiger partial charge in [-0.1, -0.05) is 18.2 Å². The van der Waals surface area contributed by atoms with Gasteiger partial charge in [0.05, 0.1) is 25.4 Å². The van der Waals surface area contributed by atoms with Crippen LogP contribution in [0.25, 0.3) is 5.69 Å². The zero-order valence-electron chi connectivity index (χ0n) is 30.5. The van der Waals surface area contributed by atoms with Crippen LogP contribution in [-0.2, 0) is 28.8 Å². The Bertz CT molecular complexity index is 1730. The summed E-state index contributed by atoms with van der Waals surface area (Å²) < 4.78 is 39.0. The summed E-state index contributed by atoms with van der Waals surface area (Å²) in [7, 11) is 0. The van der Waals surface area contributed by atoms with Gasteiger partial charge in [-0.15, -0.1) is 5.06 Å². The summed E-state index contributed by atoms with van der Waals surface area (Å²) in [5, 5.41) is 13.9. The van der Waals surface area contributed by atoms with Crippen molar-refractivity contribution in [3.63, 3.8) is 0 Å². The van der Waals surface area contributed by atoms with Crippen molar-refractivity contribution >= 4 is 35.7 Å². The number of hydrogen-bond donors (Lipinski definition) is 3. The SMILES string of the molecule is CCOC(=O)ON1CCN(C(=O)[C@H](CCNC(=O)C2CC2(F)F)NC(=O)c2cc(OCC(=O)N3CCC[C@H]3C(=O)NC3CCC3)n(-c3ccccc3)n2)CC1. The van der Waals surface area contributed by atoms with Crippen molar-refractivity contribution in [2.24, 2.45) is 5.92 Å². The van der Waals surface area contributed by atoms with Crippen molar-refractivity contribution in [3.05, 3.63) is 42.1 Å². The molecule has 3 N–H and O–H groups in total. The van der Waals surface area contributed by atoms with Crippen LogP contribution in [0.1, 0.15) is 62.4 Å². The molecule has 2 aliphatic heterocycles. The van der Waals surface area contributed by atoms with Crippen LogP contribution in [0.15, 0.2) is 36.4 Å². The van der Waals surface area contributed by atoms with Gasteiger partial charge in [0, 0.05) is 44.7 Å². The Balaban J connectivity index is 1.13. The molecule has 5 amide bonds. The zero-order valence-corrected chi connectivity index (χ0v) is 30.5. The van der Waals surface area contributed by atoms with Crippen molar-refractivity contribution < 1.29 is 51.9 Å². The van der Waals surface area contributed by atoms with Crippen LogP contribution in [0, 0.1) is 5.92 Å². The van der Waals surface area contributed by atoms with Crippen LogP contribution in [0.3, 0.4) is 0 Å². The van der Waals surface area contributed by atoms with E-state index in [2.05, 4.69) is 21.0 Å². The van der Waals surface area contributed by atoms with Crippen LogP contribution in [0.2, 0.25) is 0 Å². The fraction of sp³-hybridized carbons (Fsp3) is 0.583. The number of amides is 5. The van der Waals surface area contributed by atoms with Gasteiger partial charge in [0.1, 0.15) is 18.0 Å². The minimum atomic E-state index is -3.07. The molecule has 4 fully saturated rings. The van der Waals surface area contributed by atoms with E-state index in [-0.39, 0.29) is 69.3 Å². The number of ether oxygens (including phenoxy) is 2. The number of rotatable bonds is 15. The molecule has 2 aromatic rings. The van der Waals surface area contributed by atoms with Gasteiger partial charge in [-0.05, 0) is 57.6 Å². The van der Waals surface area contributed by atoms with Crippen LogP contribution in [0.5, 0.6) is 5.88 Å². The van der Waals surface area contributed by atoms with E-state index in [0.29, 0.717) is 25.1 Å². The highest BCUT2D eigenvalue weighted by Gasteiger charge is 2.61. The number of hydrogen-bond acceptors (Lipinski definition) is 11. The predicted molar refractivity (Wildman–Crippen MR) is 188 cm³/mol. The lowest BCUT2D eigenvalue weighted by atomic mass is 9.93. The first kappa shape index (κ1) is 39.4. The maximum Gasteiger partial charge on any atom is 0.527 e. The molecular formula is C36H46F2N8O9. The number of aromatic nitrogens is 2. The van der Waals surface area contributed by atoms with E-state index >= 15 is 0 Å². The van der Waals surface area contributed by atoms with Crippen LogP contribution >= 0.6 is 0 Å². The van der Waals surface area contributed by atoms with Gasteiger partial charge in [0.25, 0.3) is 17.7 Å². The molecule has 2 aliphatic carbocycles. The molecule has 17 nitrogen and oxygen atoms in total. The van der Waals surface area contributed by atoms with Crippen LogP contribution < -0.4 is 20.7 Å². The van der Waals surface area contributed by atoms with E-state index in [0.717, 1.165) is 19.3 Å². The monoisotopic (exact) mass is 772 g/mol. The number of carbonyl (C=O) groups excluding carboxylic acids is 6. The number of carbonyl (C=O) groups is 6. The van der Waals surface area contributed by atoms with Gasteiger partial charge in [0.15, 0.2) is 12.3 Å². The average Bonchev–Trinajstić information content (AvgIpc) is 3.48. The summed E-state index contributed by atoms with van der Waals surface area (Å²) in [6, 6.07) is 8.37.